The average Bonchev–Trinajstić information content (AvgIpc) is 2.81. The molecule has 108 valence electrons. The fourth-order valence-electron chi connectivity index (χ4n) is 1.60. The summed E-state index contributed by atoms with van der Waals surface area (Å²) >= 11 is 3.29. The molecule has 0 spiro atoms. The van der Waals surface area contributed by atoms with Crippen LogP contribution in [0.5, 0.6) is 0 Å². The largest absolute Gasteiger partial charge is 0.343 e. The van der Waals surface area contributed by atoms with Crippen LogP contribution in [0.25, 0.3) is 5.78 Å². The smallest absolute Gasteiger partial charge is 0.291 e. The van der Waals surface area contributed by atoms with Gasteiger partial charge in [-0.1, -0.05) is 13.8 Å². The maximum absolute atomic E-state index is 12.2. The minimum absolute atomic E-state index is 0.0796. The molecule has 8 heteroatoms. The third-order valence-electron chi connectivity index (χ3n) is 3.46. The van der Waals surface area contributed by atoms with Crippen molar-refractivity contribution in [2.45, 2.75) is 26.3 Å². The van der Waals surface area contributed by atoms with E-state index >= 15 is 0 Å². The lowest BCUT2D eigenvalue weighted by Crippen LogP contribution is -2.55. The minimum atomic E-state index is -0.497. The number of amides is 1. The van der Waals surface area contributed by atoms with Crippen LogP contribution in [0.1, 0.15) is 31.4 Å². The standard InChI is InChI=1S/C12H17BrN6O/c1-7(2)12(3,6-14)17-10(20)9-16-11-15-4-8(13)5-19(11)18-9/h4-5,7H,6,14H2,1-3H3,(H,17,20). The molecular weight excluding hydrogens is 324 g/mol. The number of hydrogen-bond donors (Lipinski definition) is 2. The summed E-state index contributed by atoms with van der Waals surface area (Å²) in [6, 6.07) is 0. The zero-order valence-electron chi connectivity index (χ0n) is 11.6. The van der Waals surface area contributed by atoms with Crippen LogP contribution >= 0.6 is 15.9 Å². The van der Waals surface area contributed by atoms with Gasteiger partial charge in [-0.05, 0) is 28.8 Å². The number of carbonyl (C=O) groups excluding carboxylic acids is 1. The molecule has 0 saturated carbocycles. The van der Waals surface area contributed by atoms with Crippen molar-refractivity contribution in [2.24, 2.45) is 11.7 Å². The molecule has 1 amide bonds. The highest BCUT2D eigenvalue weighted by molar-refractivity contribution is 9.10. The predicted molar refractivity (Wildman–Crippen MR) is 78.2 cm³/mol. The first-order valence-electron chi connectivity index (χ1n) is 6.26. The quantitative estimate of drug-likeness (QED) is 0.864. The zero-order chi connectivity index (χ0) is 14.9. The average molecular weight is 341 g/mol. The van der Waals surface area contributed by atoms with Crippen molar-refractivity contribution < 1.29 is 4.79 Å². The Kier molecular flexibility index (Phi) is 4.05. The summed E-state index contributed by atoms with van der Waals surface area (Å²) in [5, 5.41) is 7.00. The van der Waals surface area contributed by atoms with Gasteiger partial charge in [0.05, 0.1) is 10.0 Å². The van der Waals surface area contributed by atoms with E-state index in [4.69, 9.17) is 5.73 Å². The number of carbonyl (C=O) groups is 1. The van der Waals surface area contributed by atoms with Gasteiger partial charge >= 0.3 is 0 Å². The summed E-state index contributed by atoms with van der Waals surface area (Å²) in [5.41, 5.74) is 5.25. The Morgan fingerprint density at radius 2 is 2.30 bits per heavy atom. The fourth-order valence-corrected chi connectivity index (χ4v) is 1.90. The van der Waals surface area contributed by atoms with E-state index in [0.29, 0.717) is 12.3 Å². The highest BCUT2D eigenvalue weighted by Gasteiger charge is 2.30. The third-order valence-corrected chi connectivity index (χ3v) is 3.87. The monoisotopic (exact) mass is 340 g/mol. The molecule has 2 aromatic heterocycles. The van der Waals surface area contributed by atoms with Gasteiger partial charge in [-0.15, -0.1) is 5.10 Å². The number of aromatic nitrogens is 4. The highest BCUT2D eigenvalue weighted by atomic mass is 79.9. The van der Waals surface area contributed by atoms with Crippen LogP contribution in [0.3, 0.4) is 0 Å². The topological polar surface area (TPSA) is 98.2 Å². The number of halogens is 1. The molecule has 3 N–H and O–H groups in total. The Bertz CT molecular complexity index is 640. The second kappa shape index (κ2) is 5.45. The lowest BCUT2D eigenvalue weighted by molar-refractivity contribution is 0.0872. The van der Waals surface area contributed by atoms with Gasteiger partial charge in [0.1, 0.15) is 0 Å². The Hall–Kier alpha value is -1.54. The summed E-state index contributed by atoms with van der Waals surface area (Å²) in [6.07, 6.45) is 3.29. The Balaban J connectivity index is 2.27. The zero-order valence-corrected chi connectivity index (χ0v) is 13.2. The summed E-state index contributed by atoms with van der Waals surface area (Å²) in [4.78, 5) is 20.4. The second-order valence-corrected chi connectivity index (χ2v) is 6.10. The van der Waals surface area contributed by atoms with Crippen molar-refractivity contribution in [1.82, 2.24) is 24.9 Å². The van der Waals surface area contributed by atoms with Gasteiger partial charge < -0.3 is 11.1 Å². The molecule has 0 aliphatic heterocycles. The molecule has 2 aromatic rings. The van der Waals surface area contributed by atoms with E-state index in [0.717, 1.165) is 4.47 Å². The first-order chi connectivity index (χ1) is 9.35. The van der Waals surface area contributed by atoms with Crippen molar-refractivity contribution in [3.8, 4) is 0 Å². The van der Waals surface area contributed by atoms with E-state index in [-0.39, 0.29) is 17.6 Å². The molecule has 0 radical (unpaired) electrons. The number of fused-ring (bicyclic) bond motifs is 1. The van der Waals surface area contributed by atoms with Gasteiger partial charge in [0.15, 0.2) is 0 Å². The minimum Gasteiger partial charge on any atom is -0.343 e. The van der Waals surface area contributed by atoms with Gasteiger partial charge in [0.25, 0.3) is 11.7 Å². The van der Waals surface area contributed by atoms with Crippen molar-refractivity contribution in [2.75, 3.05) is 6.54 Å². The summed E-state index contributed by atoms with van der Waals surface area (Å²) < 4.78 is 2.21. The third kappa shape index (κ3) is 2.80. The molecule has 20 heavy (non-hydrogen) atoms. The van der Waals surface area contributed by atoms with Gasteiger partial charge in [-0.2, -0.15) is 4.98 Å². The Labute approximate surface area is 125 Å². The van der Waals surface area contributed by atoms with Crippen LogP contribution < -0.4 is 11.1 Å². The van der Waals surface area contributed by atoms with Crippen LogP contribution in [-0.4, -0.2) is 37.6 Å². The van der Waals surface area contributed by atoms with E-state index in [9.17, 15) is 4.79 Å². The second-order valence-electron chi connectivity index (χ2n) is 5.18. The van der Waals surface area contributed by atoms with Crippen molar-refractivity contribution >= 4 is 27.6 Å². The highest BCUT2D eigenvalue weighted by Crippen LogP contribution is 2.15. The van der Waals surface area contributed by atoms with Crippen LogP contribution in [0, 0.1) is 5.92 Å². The lowest BCUT2D eigenvalue weighted by atomic mass is 9.88. The lowest BCUT2D eigenvalue weighted by Gasteiger charge is -2.32. The van der Waals surface area contributed by atoms with Gasteiger partial charge in [-0.3, -0.25) is 4.79 Å². The molecule has 0 aliphatic carbocycles. The summed E-state index contributed by atoms with van der Waals surface area (Å²) in [5.74, 6) is 0.294. The van der Waals surface area contributed by atoms with Crippen molar-refractivity contribution in [3.63, 3.8) is 0 Å². The number of nitrogens with one attached hydrogen (secondary N) is 1. The predicted octanol–water partition coefficient (Wildman–Crippen LogP) is 0.990. The maximum Gasteiger partial charge on any atom is 0.291 e. The maximum atomic E-state index is 12.2. The Morgan fingerprint density at radius 3 is 2.90 bits per heavy atom. The normalized spacial score (nSPS) is 14.5. The van der Waals surface area contributed by atoms with Crippen LogP contribution in [-0.2, 0) is 0 Å². The molecule has 1 unspecified atom stereocenters. The van der Waals surface area contributed by atoms with Crippen molar-refractivity contribution in [1.29, 1.82) is 0 Å². The van der Waals surface area contributed by atoms with Gasteiger partial charge in [0.2, 0.25) is 5.82 Å². The van der Waals surface area contributed by atoms with Gasteiger partial charge in [0, 0.05) is 18.9 Å². The molecule has 0 bridgehead atoms. The molecule has 2 rings (SSSR count). The first-order valence-corrected chi connectivity index (χ1v) is 7.05. The number of nitrogens with zero attached hydrogens (tertiary/aromatic N) is 4. The SMILES string of the molecule is CC(C)C(C)(CN)NC(=O)c1nc2ncc(Br)cn2n1. The van der Waals surface area contributed by atoms with Crippen LogP contribution in [0.15, 0.2) is 16.9 Å². The number of rotatable bonds is 4. The van der Waals surface area contributed by atoms with E-state index in [1.807, 2.05) is 20.8 Å². The van der Waals surface area contributed by atoms with E-state index < -0.39 is 5.54 Å². The molecular formula is C12H17BrN6O. The van der Waals surface area contributed by atoms with Crippen molar-refractivity contribution in [3.05, 3.63) is 22.7 Å². The molecule has 0 aromatic carbocycles. The van der Waals surface area contributed by atoms with E-state index in [2.05, 4.69) is 36.3 Å². The van der Waals surface area contributed by atoms with Gasteiger partial charge in [-0.25, -0.2) is 9.50 Å². The molecule has 2 heterocycles. The van der Waals surface area contributed by atoms with E-state index in [1.165, 1.54) is 4.52 Å². The molecule has 0 fully saturated rings. The number of nitrogens with two attached hydrogens (primary N) is 1. The Morgan fingerprint density at radius 1 is 1.60 bits per heavy atom. The summed E-state index contributed by atoms with van der Waals surface area (Å²) in [6.45, 7) is 6.25. The first kappa shape index (κ1) is 14.9. The molecule has 0 saturated heterocycles. The molecule has 0 aliphatic rings. The number of hydrogen-bond acceptors (Lipinski definition) is 5. The van der Waals surface area contributed by atoms with Crippen LogP contribution in [0.4, 0.5) is 0 Å². The fraction of sp³-hybridized carbons (Fsp3) is 0.500. The molecule has 7 nitrogen and oxygen atoms in total. The van der Waals surface area contributed by atoms with E-state index in [1.54, 1.807) is 12.4 Å². The molecule has 1 atom stereocenters. The van der Waals surface area contributed by atoms with Crippen LogP contribution in [0.2, 0.25) is 0 Å². The summed E-state index contributed by atoms with van der Waals surface area (Å²) in [7, 11) is 0.